The number of aromatic nitrogens is 1. The largest absolute Gasteiger partial charge is 0.444 e. The van der Waals surface area contributed by atoms with E-state index < -0.39 is 0 Å². The van der Waals surface area contributed by atoms with Gasteiger partial charge in [0.25, 0.3) is 0 Å². The first-order chi connectivity index (χ1) is 12.6. The summed E-state index contributed by atoms with van der Waals surface area (Å²) in [5, 5.41) is 5.39. The van der Waals surface area contributed by atoms with E-state index in [-0.39, 0.29) is 18.2 Å². The first-order valence-electron chi connectivity index (χ1n) is 8.23. The van der Waals surface area contributed by atoms with E-state index in [4.69, 9.17) is 4.42 Å². The third-order valence-corrected chi connectivity index (χ3v) is 3.80. The summed E-state index contributed by atoms with van der Waals surface area (Å²) in [6, 6.07) is 16.7. The predicted octanol–water partition coefficient (Wildman–Crippen LogP) is 2.81. The van der Waals surface area contributed by atoms with E-state index in [9.17, 15) is 9.59 Å². The highest BCUT2D eigenvalue weighted by Gasteiger charge is 2.11. The van der Waals surface area contributed by atoms with E-state index in [1.807, 2.05) is 42.5 Å². The first kappa shape index (κ1) is 17.4. The number of carbonyl (C=O) groups excluding carboxylic acids is 2. The summed E-state index contributed by atoms with van der Waals surface area (Å²) in [7, 11) is 1.60. The van der Waals surface area contributed by atoms with Crippen LogP contribution in [0.1, 0.15) is 11.3 Å². The monoisotopic (exact) mass is 349 g/mol. The van der Waals surface area contributed by atoms with Gasteiger partial charge in [0.05, 0.1) is 18.5 Å². The van der Waals surface area contributed by atoms with Crippen molar-refractivity contribution in [2.45, 2.75) is 12.8 Å². The zero-order valence-electron chi connectivity index (χ0n) is 14.4. The molecule has 0 saturated heterocycles. The van der Waals surface area contributed by atoms with E-state index >= 15 is 0 Å². The van der Waals surface area contributed by atoms with Crippen LogP contribution >= 0.6 is 0 Å². The molecule has 1 heterocycles. The fourth-order valence-electron chi connectivity index (χ4n) is 2.45. The Hall–Kier alpha value is -3.41. The van der Waals surface area contributed by atoms with Gasteiger partial charge >= 0.3 is 0 Å². The molecule has 0 fully saturated rings. The molecule has 6 heteroatoms. The molecule has 0 aliphatic rings. The molecule has 2 aromatic carbocycles. The van der Waals surface area contributed by atoms with Gasteiger partial charge in [-0.2, -0.15) is 0 Å². The summed E-state index contributed by atoms with van der Waals surface area (Å²) >= 11 is 0. The molecule has 0 saturated carbocycles. The van der Waals surface area contributed by atoms with E-state index in [0.717, 1.165) is 11.1 Å². The van der Waals surface area contributed by atoms with Gasteiger partial charge in [-0.3, -0.25) is 9.59 Å². The molecule has 0 radical (unpaired) electrons. The Balaban J connectivity index is 1.57. The second kappa shape index (κ2) is 8.11. The van der Waals surface area contributed by atoms with Gasteiger partial charge in [0, 0.05) is 18.3 Å². The zero-order chi connectivity index (χ0) is 18.4. The molecule has 132 valence electrons. The van der Waals surface area contributed by atoms with Crippen LogP contribution in [-0.2, 0) is 22.4 Å². The Morgan fingerprint density at radius 2 is 1.69 bits per heavy atom. The number of likely N-dealkylation sites (N-methyl/N-ethyl adjacent to an activating group) is 1. The third kappa shape index (κ3) is 4.57. The molecule has 0 bridgehead atoms. The lowest BCUT2D eigenvalue weighted by molar-refractivity contribution is -0.120. The fraction of sp³-hybridized carbons (Fsp3) is 0.150. The second-order valence-electron chi connectivity index (χ2n) is 5.78. The lowest BCUT2D eigenvalue weighted by Crippen LogP contribution is -2.20. The summed E-state index contributed by atoms with van der Waals surface area (Å²) < 4.78 is 5.44. The molecule has 3 aromatic rings. The zero-order valence-corrected chi connectivity index (χ0v) is 14.4. The third-order valence-electron chi connectivity index (χ3n) is 3.80. The number of carbonyl (C=O) groups is 2. The fourth-order valence-corrected chi connectivity index (χ4v) is 2.45. The van der Waals surface area contributed by atoms with Crippen molar-refractivity contribution in [3.8, 4) is 11.5 Å². The number of nitrogens with zero attached hydrogens (tertiary/aromatic N) is 1. The lowest BCUT2D eigenvalue weighted by atomic mass is 10.1. The van der Waals surface area contributed by atoms with Crippen LogP contribution < -0.4 is 10.6 Å². The van der Waals surface area contributed by atoms with Crippen LogP contribution in [0, 0.1) is 0 Å². The van der Waals surface area contributed by atoms with Gasteiger partial charge in [-0.25, -0.2) is 4.98 Å². The Labute approximate surface area is 151 Å². The van der Waals surface area contributed by atoms with Crippen LogP contribution in [0.3, 0.4) is 0 Å². The van der Waals surface area contributed by atoms with Gasteiger partial charge in [0.15, 0.2) is 0 Å². The minimum atomic E-state index is -0.183. The maximum absolute atomic E-state index is 12.2. The molecule has 6 nitrogen and oxygen atoms in total. The molecular formula is C20H19N3O3. The summed E-state index contributed by atoms with van der Waals surface area (Å²) in [5.41, 5.74) is 2.98. The molecule has 2 amide bonds. The van der Waals surface area contributed by atoms with Gasteiger partial charge in [0.2, 0.25) is 17.7 Å². The van der Waals surface area contributed by atoms with E-state index in [1.165, 1.54) is 6.26 Å². The Morgan fingerprint density at radius 1 is 0.962 bits per heavy atom. The number of benzene rings is 2. The predicted molar refractivity (Wildman–Crippen MR) is 98.5 cm³/mol. The summed E-state index contributed by atoms with van der Waals surface area (Å²) in [5.74, 6) is 0.256. The minimum Gasteiger partial charge on any atom is -0.444 e. The van der Waals surface area contributed by atoms with Crippen LogP contribution in [0.15, 0.2) is 65.3 Å². The summed E-state index contributed by atoms with van der Waals surface area (Å²) in [6.07, 6.45) is 1.93. The van der Waals surface area contributed by atoms with Gasteiger partial charge in [-0.1, -0.05) is 30.3 Å². The highest BCUT2D eigenvalue weighted by Crippen LogP contribution is 2.18. The molecule has 1 aromatic heterocycles. The minimum absolute atomic E-state index is 0.0537. The van der Waals surface area contributed by atoms with Gasteiger partial charge in [-0.15, -0.1) is 0 Å². The average Bonchev–Trinajstić information content (AvgIpc) is 3.12. The molecule has 0 aliphatic carbocycles. The van der Waals surface area contributed by atoms with Crippen LogP contribution in [0.4, 0.5) is 5.69 Å². The maximum atomic E-state index is 12.2. The van der Waals surface area contributed by atoms with Crippen LogP contribution in [0.25, 0.3) is 11.5 Å². The summed E-state index contributed by atoms with van der Waals surface area (Å²) in [4.78, 5) is 27.9. The molecule has 3 rings (SSSR count). The standard InChI is InChI=1S/C20H19N3O3/c1-21-18(24)11-14-7-9-16(10-8-14)22-19(25)12-17-13-26-20(23-17)15-5-3-2-4-6-15/h2-10,13H,11-12H2,1H3,(H,21,24)(H,22,25). The summed E-state index contributed by atoms with van der Waals surface area (Å²) in [6.45, 7) is 0. The molecule has 2 N–H and O–H groups in total. The normalized spacial score (nSPS) is 10.3. The van der Waals surface area contributed by atoms with Crippen LogP contribution in [-0.4, -0.2) is 23.8 Å². The highest BCUT2D eigenvalue weighted by atomic mass is 16.3. The van der Waals surface area contributed by atoms with Crippen molar-refractivity contribution >= 4 is 17.5 Å². The van der Waals surface area contributed by atoms with Crippen molar-refractivity contribution in [1.29, 1.82) is 0 Å². The van der Waals surface area contributed by atoms with Crippen molar-refractivity contribution in [2.24, 2.45) is 0 Å². The molecular weight excluding hydrogens is 330 g/mol. The highest BCUT2D eigenvalue weighted by molar-refractivity contribution is 5.92. The Bertz CT molecular complexity index is 886. The quantitative estimate of drug-likeness (QED) is 0.717. The smallest absolute Gasteiger partial charge is 0.230 e. The number of anilines is 1. The van der Waals surface area contributed by atoms with E-state index in [1.54, 1.807) is 19.2 Å². The van der Waals surface area contributed by atoms with Gasteiger partial charge < -0.3 is 15.1 Å². The molecule has 26 heavy (non-hydrogen) atoms. The van der Waals surface area contributed by atoms with Gasteiger partial charge in [-0.05, 0) is 29.8 Å². The van der Waals surface area contributed by atoms with E-state index in [0.29, 0.717) is 23.7 Å². The van der Waals surface area contributed by atoms with Crippen molar-refractivity contribution in [3.63, 3.8) is 0 Å². The topological polar surface area (TPSA) is 84.2 Å². The molecule has 0 unspecified atom stereocenters. The first-order valence-corrected chi connectivity index (χ1v) is 8.23. The molecule has 0 spiro atoms. The van der Waals surface area contributed by atoms with Crippen LogP contribution in [0.5, 0.6) is 0 Å². The average molecular weight is 349 g/mol. The van der Waals surface area contributed by atoms with Crippen molar-refractivity contribution < 1.29 is 14.0 Å². The molecule has 0 atom stereocenters. The number of hydrogen-bond acceptors (Lipinski definition) is 4. The second-order valence-corrected chi connectivity index (χ2v) is 5.78. The van der Waals surface area contributed by atoms with Crippen LogP contribution in [0.2, 0.25) is 0 Å². The number of rotatable bonds is 6. The number of nitrogens with one attached hydrogen (secondary N) is 2. The number of oxazole rings is 1. The van der Waals surface area contributed by atoms with Crippen molar-refractivity contribution in [1.82, 2.24) is 10.3 Å². The molecule has 0 aliphatic heterocycles. The maximum Gasteiger partial charge on any atom is 0.230 e. The number of amides is 2. The lowest BCUT2D eigenvalue weighted by Gasteiger charge is -2.05. The van der Waals surface area contributed by atoms with Crippen molar-refractivity contribution in [2.75, 3.05) is 12.4 Å². The Kier molecular flexibility index (Phi) is 5.43. The van der Waals surface area contributed by atoms with E-state index in [2.05, 4.69) is 15.6 Å². The SMILES string of the molecule is CNC(=O)Cc1ccc(NC(=O)Cc2coc(-c3ccccc3)n2)cc1. The van der Waals surface area contributed by atoms with Crippen molar-refractivity contribution in [3.05, 3.63) is 72.1 Å². The number of hydrogen-bond donors (Lipinski definition) is 2. The Morgan fingerprint density at radius 3 is 2.38 bits per heavy atom. The van der Waals surface area contributed by atoms with Gasteiger partial charge in [0.1, 0.15) is 6.26 Å².